The summed E-state index contributed by atoms with van der Waals surface area (Å²) in [5, 5.41) is 8.22. The van der Waals surface area contributed by atoms with Crippen LogP contribution in [0.5, 0.6) is 0 Å². The van der Waals surface area contributed by atoms with Crippen LogP contribution in [0.1, 0.15) is 34.0 Å². The maximum Gasteiger partial charge on any atom is 0.272 e. The number of aryl methyl sites for hydroxylation is 1. The molecule has 7 nitrogen and oxygen atoms in total. The highest BCUT2D eigenvalue weighted by molar-refractivity contribution is 8.00. The zero-order chi connectivity index (χ0) is 28.5. The maximum absolute atomic E-state index is 13.2. The molecule has 0 fully saturated rings. The van der Waals surface area contributed by atoms with Crippen LogP contribution in [0.4, 0.5) is 11.4 Å². The minimum atomic E-state index is -0.477. The van der Waals surface area contributed by atoms with E-state index in [0.717, 1.165) is 21.7 Å². The number of carbonyl (C=O) groups is 3. The first-order valence-electron chi connectivity index (χ1n) is 12.7. The number of pyridine rings is 1. The molecular weight excluding hydrogens is 520 g/mol. The van der Waals surface area contributed by atoms with E-state index in [9.17, 15) is 14.4 Å². The normalized spacial score (nSPS) is 11.8. The summed E-state index contributed by atoms with van der Waals surface area (Å²) in [6, 6.07) is 25.3. The average molecular weight is 551 g/mol. The number of amides is 3. The van der Waals surface area contributed by atoms with Crippen molar-refractivity contribution in [3.05, 3.63) is 125 Å². The van der Waals surface area contributed by atoms with E-state index >= 15 is 0 Å². The summed E-state index contributed by atoms with van der Waals surface area (Å²) in [5.41, 5.74) is 4.71. The highest BCUT2D eigenvalue weighted by Crippen LogP contribution is 2.27. The molecule has 40 heavy (non-hydrogen) atoms. The summed E-state index contributed by atoms with van der Waals surface area (Å²) in [7, 11) is 0. The summed E-state index contributed by atoms with van der Waals surface area (Å²) < 4.78 is 0. The van der Waals surface area contributed by atoms with Crippen LogP contribution in [0.3, 0.4) is 0 Å². The topological polar surface area (TPSA) is 100 Å². The molecule has 0 saturated heterocycles. The molecule has 4 aromatic rings. The van der Waals surface area contributed by atoms with E-state index in [1.54, 1.807) is 67.0 Å². The van der Waals surface area contributed by atoms with Gasteiger partial charge in [-0.15, -0.1) is 11.8 Å². The van der Waals surface area contributed by atoms with E-state index in [2.05, 4.69) is 20.9 Å². The predicted octanol–water partition coefficient (Wildman–Crippen LogP) is 6.23. The van der Waals surface area contributed by atoms with Crippen molar-refractivity contribution in [1.82, 2.24) is 10.3 Å². The van der Waals surface area contributed by atoms with E-state index in [0.29, 0.717) is 16.8 Å². The Labute approximate surface area is 238 Å². The van der Waals surface area contributed by atoms with Crippen LogP contribution in [0.2, 0.25) is 0 Å². The molecule has 1 aromatic heterocycles. The Bertz CT molecular complexity index is 1520. The lowest BCUT2D eigenvalue weighted by molar-refractivity contribution is -0.115. The number of rotatable bonds is 9. The fourth-order valence-electron chi connectivity index (χ4n) is 3.76. The predicted molar refractivity (Wildman–Crippen MR) is 161 cm³/mol. The van der Waals surface area contributed by atoms with Gasteiger partial charge >= 0.3 is 0 Å². The van der Waals surface area contributed by atoms with Crippen LogP contribution in [0.25, 0.3) is 6.08 Å². The van der Waals surface area contributed by atoms with Gasteiger partial charge in [-0.3, -0.25) is 19.4 Å². The van der Waals surface area contributed by atoms with Gasteiger partial charge in [0.1, 0.15) is 5.70 Å². The lowest BCUT2D eigenvalue weighted by Crippen LogP contribution is -2.30. The van der Waals surface area contributed by atoms with Gasteiger partial charge in [-0.2, -0.15) is 0 Å². The molecule has 4 rings (SSSR count). The minimum absolute atomic E-state index is 0.0806. The Morgan fingerprint density at radius 2 is 1.60 bits per heavy atom. The second-order valence-corrected chi connectivity index (χ2v) is 10.6. The highest BCUT2D eigenvalue weighted by atomic mass is 32.2. The van der Waals surface area contributed by atoms with Crippen LogP contribution in [-0.2, 0) is 9.59 Å². The first-order chi connectivity index (χ1) is 19.3. The lowest BCUT2D eigenvalue weighted by atomic mass is 10.1. The lowest BCUT2D eigenvalue weighted by Gasteiger charge is -2.15. The molecule has 0 spiro atoms. The van der Waals surface area contributed by atoms with E-state index < -0.39 is 11.8 Å². The molecule has 0 aliphatic carbocycles. The highest BCUT2D eigenvalue weighted by Gasteiger charge is 2.17. The SMILES string of the molecule is Cc1cccc(NC(=O)C(C)Sc2ccc(NC(=O)/C(=C/c3cccnc3)NC(=O)c3ccccc3)cc2)c1C. The molecule has 0 bridgehead atoms. The average Bonchev–Trinajstić information content (AvgIpc) is 2.97. The van der Waals surface area contributed by atoms with Crippen molar-refractivity contribution in [3.8, 4) is 0 Å². The number of anilines is 2. The third-order valence-electron chi connectivity index (χ3n) is 6.18. The zero-order valence-electron chi connectivity index (χ0n) is 22.5. The number of benzene rings is 3. The molecule has 202 valence electrons. The molecule has 1 unspecified atom stereocenters. The van der Waals surface area contributed by atoms with E-state index in [1.165, 1.54) is 11.8 Å². The second kappa shape index (κ2) is 13.4. The Morgan fingerprint density at radius 3 is 2.30 bits per heavy atom. The number of hydrogen-bond acceptors (Lipinski definition) is 5. The zero-order valence-corrected chi connectivity index (χ0v) is 23.3. The van der Waals surface area contributed by atoms with Gasteiger partial charge in [-0.25, -0.2) is 0 Å². The first kappa shape index (κ1) is 28.3. The summed E-state index contributed by atoms with van der Waals surface area (Å²) >= 11 is 1.42. The van der Waals surface area contributed by atoms with Crippen LogP contribution in [0.15, 0.2) is 108 Å². The number of carbonyl (C=O) groups excluding carboxylic acids is 3. The van der Waals surface area contributed by atoms with E-state index in [4.69, 9.17) is 0 Å². The van der Waals surface area contributed by atoms with Gasteiger partial charge in [0.05, 0.1) is 5.25 Å². The molecule has 3 N–H and O–H groups in total. The van der Waals surface area contributed by atoms with Crippen LogP contribution >= 0.6 is 11.8 Å². The molecule has 0 aliphatic rings. The molecule has 1 heterocycles. The Kier molecular flexibility index (Phi) is 9.48. The summed E-state index contributed by atoms with van der Waals surface area (Å²) in [6.07, 6.45) is 4.81. The van der Waals surface area contributed by atoms with Gasteiger partial charge in [0.2, 0.25) is 5.91 Å². The number of nitrogens with one attached hydrogen (secondary N) is 3. The summed E-state index contributed by atoms with van der Waals surface area (Å²) in [6.45, 7) is 5.85. The molecule has 3 aromatic carbocycles. The van der Waals surface area contributed by atoms with Crippen molar-refractivity contribution >= 4 is 46.9 Å². The molecule has 0 radical (unpaired) electrons. The van der Waals surface area contributed by atoms with Crippen LogP contribution < -0.4 is 16.0 Å². The van der Waals surface area contributed by atoms with Gasteiger partial charge in [0.15, 0.2) is 0 Å². The number of nitrogens with zero attached hydrogens (tertiary/aromatic N) is 1. The second-order valence-electron chi connectivity index (χ2n) is 9.14. The largest absolute Gasteiger partial charge is 0.325 e. The van der Waals surface area contributed by atoms with Crippen molar-refractivity contribution in [2.75, 3.05) is 10.6 Å². The van der Waals surface area contributed by atoms with Crippen molar-refractivity contribution in [2.24, 2.45) is 0 Å². The van der Waals surface area contributed by atoms with Crippen molar-refractivity contribution in [1.29, 1.82) is 0 Å². The van der Waals surface area contributed by atoms with E-state index in [-0.39, 0.29) is 16.9 Å². The monoisotopic (exact) mass is 550 g/mol. The molecule has 8 heteroatoms. The molecular formula is C32H30N4O3S. The minimum Gasteiger partial charge on any atom is -0.325 e. The Morgan fingerprint density at radius 1 is 0.850 bits per heavy atom. The van der Waals surface area contributed by atoms with Crippen molar-refractivity contribution in [2.45, 2.75) is 30.9 Å². The summed E-state index contributed by atoms with van der Waals surface area (Å²) in [5.74, 6) is -0.962. The quantitative estimate of drug-likeness (QED) is 0.170. The van der Waals surface area contributed by atoms with Gasteiger partial charge < -0.3 is 16.0 Å². The van der Waals surface area contributed by atoms with Crippen LogP contribution in [-0.4, -0.2) is 28.0 Å². The third kappa shape index (κ3) is 7.68. The first-order valence-corrected chi connectivity index (χ1v) is 13.6. The Balaban J connectivity index is 1.41. The number of aromatic nitrogens is 1. The van der Waals surface area contributed by atoms with Crippen molar-refractivity contribution in [3.63, 3.8) is 0 Å². The van der Waals surface area contributed by atoms with Gasteiger partial charge in [0.25, 0.3) is 11.8 Å². The fourth-order valence-corrected chi connectivity index (χ4v) is 4.63. The number of hydrogen-bond donors (Lipinski definition) is 3. The third-order valence-corrected chi connectivity index (χ3v) is 7.29. The Hall–Kier alpha value is -4.69. The van der Waals surface area contributed by atoms with Gasteiger partial charge in [-0.1, -0.05) is 36.4 Å². The van der Waals surface area contributed by atoms with E-state index in [1.807, 2.05) is 57.2 Å². The number of thioether (sulfide) groups is 1. The summed E-state index contributed by atoms with van der Waals surface area (Å²) in [4.78, 5) is 43.7. The van der Waals surface area contributed by atoms with Gasteiger partial charge in [-0.05, 0) is 92.1 Å². The fraction of sp³-hybridized carbons (Fsp3) is 0.125. The standard InChI is InChI=1S/C32H30N4O3S/c1-21-9-7-13-28(22(21)2)35-30(37)23(3)40-27-16-14-26(15-17-27)34-32(39)29(19-24-10-8-18-33-20-24)36-31(38)25-11-5-4-6-12-25/h4-20,23H,1-3H3,(H,34,39)(H,35,37)(H,36,38)/b29-19-. The molecule has 0 saturated carbocycles. The van der Waals surface area contributed by atoms with Crippen molar-refractivity contribution < 1.29 is 14.4 Å². The van der Waals surface area contributed by atoms with Crippen LogP contribution in [0, 0.1) is 13.8 Å². The smallest absolute Gasteiger partial charge is 0.272 e. The molecule has 0 aliphatic heterocycles. The van der Waals surface area contributed by atoms with Gasteiger partial charge in [0, 0.05) is 34.2 Å². The molecule has 1 atom stereocenters. The maximum atomic E-state index is 13.2. The molecule has 3 amide bonds.